The third kappa shape index (κ3) is 1.97. The molecule has 1 aromatic heterocycles. The molecule has 0 bridgehead atoms. The van der Waals surface area contributed by atoms with E-state index in [1.807, 2.05) is 44.2 Å². The lowest BCUT2D eigenvalue weighted by Gasteiger charge is -2.13. The maximum absolute atomic E-state index is 6.18. The van der Waals surface area contributed by atoms with Crippen LogP contribution in [0.3, 0.4) is 0 Å². The zero-order valence-electron chi connectivity index (χ0n) is 13.6. The molecule has 114 valence electrons. The lowest BCUT2D eigenvalue weighted by molar-refractivity contribution is 0.399. The van der Waals surface area contributed by atoms with Crippen molar-refractivity contribution < 1.29 is 13.9 Å². The van der Waals surface area contributed by atoms with Crippen LogP contribution in [0.15, 0.2) is 34.7 Å². The van der Waals surface area contributed by atoms with Gasteiger partial charge in [0.25, 0.3) is 0 Å². The van der Waals surface area contributed by atoms with E-state index in [1.54, 1.807) is 14.2 Å². The van der Waals surface area contributed by atoms with Crippen LogP contribution in [-0.2, 0) is 0 Å². The van der Waals surface area contributed by atoms with E-state index in [1.165, 1.54) is 0 Å². The van der Waals surface area contributed by atoms with E-state index in [9.17, 15) is 0 Å². The van der Waals surface area contributed by atoms with Gasteiger partial charge in [0.15, 0.2) is 11.3 Å². The Hall–Kier alpha value is -2.42. The summed E-state index contributed by atoms with van der Waals surface area (Å²) in [6.07, 6.45) is 0. The molecule has 0 unspecified atom stereocenters. The molecule has 0 N–H and O–H groups in total. The highest BCUT2D eigenvalue weighted by atomic mass is 16.5. The zero-order chi connectivity index (χ0) is 15.9. The van der Waals surface area contributed by atoms with Crippen LogP contribution in [-0.4, -0.2) is 14.2 Å². The van der Waals surface area contributed by atoms with Gasteiger partial charge >= 0.3 is 0 Å². The van der Waals surface area contributed by atoms with Crippen molar-refractivity contribution >= 4 is 11.0 Å². The van der Waals surface area contributed by atoms with Crippen LogP contribution in [0.1, 0.15) is 16.7 Å². The fraction of sp³-hybridized carbons (Fsp3) is 0.263. The molecule has 3 nitrogen and oxygen atoms in total. The first-order chi connectivity index (χ1) is 10.6. The van der Waals surface area contributed by atoms with Crippen molar-refractivity contribution in [2.24, 2.45) is 0 Å². The minimum atomic E-state index is 0.749. The summed E-state index contributed by atoms with van der Waals surface area (Å²) in [5, 5.41) is 0.987. The van der Waals surface area contributed by atoms with E-state index in [0.29, 0.717) is 0 Å². The number of rotatable bonds is 3. The lowest BCUT2D eigenvalue weighted by Crippen LogP contribution is -1.96. The molecule has 3 rings (SSSR count). The second-order valence-corrected chi connectivity index (χ2v) is 5.44. The summed E-state index contributed by atoms with van der Waals surface area (Å²) in [6.45, 7) is 6.13. The highest BCUT2D eigenvalue weighted by Gasteiger charge is 2.23. The zero-order valence-corrected chi connectivity index (χ0v) is 13.6. The van der Waals surface area contributed by atoms with Crippen molar-refractivity contribution in [3.8, 4) is 22.8 Å². The van der Waals surface area contributed by atoms with Crippen molar-refractivity contribution in [1.29, 1.82) is 0 Å². The molecule has 0 aliphatic rings. The number of hydrogen-bond acceptors (Lipinski definition) is 3. The van der Waals surface area contributed by atoms with E-state index < -0.39 is 0 Å². The summed E-state index contributed by atoms with van der Waals surface area (Å²) >= 11 is 0. The molecule has 0 saturated heterocycles. The first kappa shape index (κ1) is 14.5. The van der Waals surface area contributed by atoms with Crippen LogP contribution >= 0.6 is 0 Å². The molecule has 0 fully saturated rings. The molecule has 3 aromatic rings. The fourth-order valence-corrected chi connectivity index (χ4v) is 3.01. The molecule has 1 heterocycles. The van der Waals surface area contributed by atoms with Crippen molar-refractivity contribution in [1.82, 2.24) is 0 Å². The molecule has 0 aliphatic carbocycles. The first-order valence-corrected chi connectivity index (χ1v) is 7.29. The van der Waals surface area contributed by atoms with Gasteiger partial charge in [-0.05, 0) is 26.3 Å². The summed E-state index contributed by atoms with van der Waals surface area (Å²) in [6, 6.07) is 10.1. The number of fused-ring (bicyclic) bond motifs is 1. The van der Waals surface area contributed by atoms with Gasteiger partial charge in [-0.2, -0.15) is 0 Å². The van der Waals surface area contributed by atoms with Gasteiger partial charge in [0.2, 0.25) is 0 Å². The highest BCUT2D eigenvalue weighted by Crippen LogP contribution is 2.46. The maximum atomic E-state index is 6.18. The van der Waals surface area contributed by atoms with Gasteiger partial charge < -0.3 is 13.9 Å². The summed E-state index contributed by atoms with van der Waals surface area (Å²) in [7, 11) is 3.37. The Kier molecular flexibility index (Phi) is 3.57. The molecular weight excluding hydrogens is 276 g/mol. The van der Waals surface area contributed by atoms with Crippen molar-refractivity contribution in [2.45, 2.75) is 20.8 Å². The molecule has 0 saturated carbocycles. The van der Waals surface area contributed by atoms with Crippen LogP contribution in [0.25, 0.3) is 22.3 Å². The summed E-state index contributed by atoms with van der Waals surface area (Å²) < 4.78 is 17.4. The van der Waals surface area contributed by atoms with Crippen LogP contribution in [0, 0.1) is 20.8 Å². The highest BCUT2D eigenvalue weighted by molar-refractivity contribution is 5.98. The van der Waals surface area contributed by atoms with Gasteiger partial charge in [-0.15, -0.1) is 0 Å². The SMILES string of the molecule is COc1c(C)c(C)c(OC)c2c(C)c(-c3ccccc3)oc12. The largest absolute Gasteiger partial charge is 0.496 e. The standard InChI is InChI=1S/C19H20O3/c1-11-12(2)18(21-5)19-15(17(11)20-4)13(3)16(22-19)14-9-7-6-8-10-14/h6-10H,1-5H3. The first-order valence-electron chi connectivity index (χ1n) is 7.29. The maximum Gasteiger partial charge on any atom is 0.180 e. The van der Waals surface area contributed by atoms with E-state index in [2.05, 4.69) is 6.92 Å². The Bertz CT molecular complexity index is 829. The van der Waals surface area contributed by atoms with Gasteiger partial charge in [0.1, 0.15) is 11.5 Å². The quantitative estimate of drug-likeness (QED) is 0.678. The smallest absolute Gasteiger partial charge is 0.180 e. The lowest BCUT2D eigenvalue weighted by atomic mass is 10.0. The molecule has 0 spiro atoms. The average molecular weight is 296 g/mol. The van der Waals surface area contributed by atoms with Gasteiger partial charge in [-0.1, -0.05) is 30.3 Å². The molecule has 2 aromatic carbocycles. The van der Waals surface area contributed by atoms with Crippen molar-refractivity contribution in [3.63, 3.8) is 0 Å². The van der Waals surface area contributed by atoms with Gasteiger partial charge in [-0.25, -0.2) is 0 Å². The summed E-state index contributed by atoms with van der Waals surface area (Å²) in [5.74, 6) is 2.49. The number of ether oxygens (including phenoxy) is 2. The van der Waals surface area contributed by atoms with Gasteiger partial charge in [0.05, 0.1) is 19.6 Å². The molecular formula is C19H20O3. The monoisotopic (exact) mass is 296 g/mol. The fourth-order valence-electron chi connectivity index (χ4n) is 3.01. The van der Waals surface area contributed by atoms with Crippen LogP contribution < -0.4 is 9.47 Å². The Morgan fingerprint density at radius 3 is 1.95 bits per heavy atom. The Balaban J connectivity index is 2.43. The van der Waals surface area contributed by atoms with Crippen LogP contribution in [0.2, 0.25) is 0 Å². The second kappa shape index (κ2) is 5.41. The average Bonchev–Trinajstić information content (AvgIpc) is 2.87. The Morgan fingerprint density at radius 2 is 1.36 bits per heavy atom. The number of hydrogen-bond donors (Lipinski definition) is 0. The van der Waals surface area contributed by atoms with Gasteiger partial charge in [0, 0.05) is 16.7 Å². The van der Waals surface area contributed by atoms with E-state index in [0.717, 1.165) is 50.5 Å². The third-order valence-corrected chi connectivity index (χ3v) is 4.27. The van der Waals surface area contributed by atoms with Crippen LogP contribution in [0.5, 0.6) is 11.5 Å². The minimum absolute atomic E-state index is 0.749. The molecule has 22 heavy (non-hydrogen) atoms. The summed E-state index contributed by atoms with van der Waals surface area (Å²) in [5.41, 5.74) is 4.99. The minimum Gasteiger partial charge on any atom is -0.496 e. The second-order valence-electron chi connectivity index (χ2n) is 5.44. The van der Waals surface area contributed by atoms with Crippen molar-refractivity contribution in [3.05, 3.63) is 47.0 Å². The third-order valence-electron chi connectivity index (χ3n) is 4.27. The molecule has 0 amide bonds. The predicted octanol–water partition coefficient (Wildman–Crippen LogP) is 5.04. The molecule has 3 heteroatoms. The Morgan fingerprint density at radius 1 is 0.773 bits per heavy atom. The van der Waals surface area contributed by atoms with E-state index >= 15 is 0 Å². The van der Waals surface area contributed by atoms with Gasteiger partial charge in [-0.3, -0.25) is 0 Å². The topological polar surface area (TPSA) is 31.6 Å². The number of furan rings is 1. The Labute approximate surface area is 130 Å². The van der Waals surface area contributed by atoms with Crippen LogP contribution in [0.4, 0.5) is 0 Å². The van der Waals surface area contributed by atoms with Crippen molar-refractivity contribution in [2.75, 3.05) is 14.2 Å². The van der Waals surface area contributed by atoms with E-state index in [4.69, 9.17) is 13.9 Å². The molecule has 0 radical (unpaired) electrons. The number of aryl methyl sites for hydroxylation is 1. The summed E-state index contributed by atoms with van der Waals surface area (Å²) in [4.78, 5) is 0. The number of benzene rings is 2. The molecule has 0 aliphatic heterocycles. The molecule has 0 atom stereocenters. The number of methoxy groups -OCH3 is 2. The normalized spacial score (nSPS) is 11.0. The van der Waals surface area contributed by atoms with E-state index in [-0.39, 0.29) is 0 Å². The predicted molar refractivity (Wildman–Crippen MR) is 89.0 cm³/mol.